The molecule has 1 fully saturated rings. The Morgan fingerprint density at radius 3 is 2.44 bits per heavy atom. The molecule has 1 saturated carbocycles. The van der Waals surface area contributed by atoms with Crippen molar-refractivity contribution in [1.82, 2.24) is 0 Å². The Morgan fingerprint density at radius 1 is 1.09 bits per heavy atom. The fourth-order valence-corrected chi connectivity index (χ4v) is 5.15. The number of carbonyl (C=O) groups is 2. The number of alkyl halides is 2. The molecule has 0 bridgehead atoms. The summed E-state index contributed by atoms with van der Waals surface area (Å²) in [5.41, 5.74) is 1.37. The second-order valence-electron chi connectivity index (χ2n) is 11.0. The first kappa shape index (κ1) is 30.1. The van der Waals surface area contributed by atoms with E-state index in [1.54, 1.807) is 53.4 Å². The van der Waals surface area contributed by atoms with Gasteiger partial charge in [-0.1, -0.05) is 35.0 Å². The number of halogens is 3. The molecule has 12 heteroatoms. The minimum atomic E-state index is -2.99. The predicted octanol–water partition coefficient (Wildman–Crippen LogP) is 6.40. The molecule has 3 aromatic carbocycles. The van der Waals surface area contributed by atoms with E-state index in [0.29, 0.717) is 39.8 Å². The van der Waals surface area contributed by atoms with E-state index in [0.717, 1.165) is 18.4 Å². The van der Waals surface area contributed by atoms with Gasteiger partial charge < -0.3 is 29.6 Å². The number of rotatable bonds is 11. The first-order valence-corrected chi connectivity index (χ1v) is 13.9. The summed E-state index contributed by atoms with van der Waals surface area (Å²) in [5, 5.41) is 16.9. The standard InChI is InChI=1S/C31H30ClF2N3O6/c1-30(2,28(39)40)43-35-16-18-12-21(14-23(13-18)41-3)36-26(19-4-6-20(32)7-5-19)27(38)37-17-31(10-11-31)24-9-8-22(15-25(24)37)42-29(33)34/h4-9,12-16,26,29,36H,10-11,17H2,1-3H3,(H,39,40)/b35-16+. The molecule has 0 aromatic heterocycles. The molecule has 9 nitrogen and oxygen atoms in total. The number of ether oxygens (including phenoxy) is 2. The number of benzene rings is 3. The SMILES string of the molecule is COc1cc(/C=N/OC(C)(C)C(=O)O)cc(NC(C(=O)N2CC3(CC3)c3ccc(OC(F)F)cc32)c2ccc(Cl)cc2)c1. The topological polar surface area (TPSA) is 110 Å². The number of amides is 1. The van der Waals surface area contributed by atoms with Gasteiger partial charge in [-0.15, -0.1) is 0 Å². The van der Waals surface area contributed by atoms with Gasteiger partial charge in [0.15, 0.2) is 0 Å². The quantitative estimate of drug-likeness (QED) is 0.190. The molecule has 43 heavy (non-hydrogen) atoms. The van der Waals surface area contributed by atoms with Crippen molar-refractivity contribution in [3.63, 3.8) is 0 Å². The summed E-state index contributed by atoms with van der Waals surface area (Å²) in [6.45, 7) is 0.169. The maximum Gasteiger partial charge on any atom is 0.387 e. The molecule has 1 atom stereocenters. The van der Waals surface area contributed by atoms with Crippen molar-refractivity contribution in [2.24, 2.45) is 5.16 Å². The molecule has 1 heterocycles. The maximum atomic E-state index is 14.3. The number of aliphatic carboxylic acids is 1. The lowest BCUT2D eigenvalue weighted by atomic mass is 9.99. The molecule has 1 unspecified atom stereocenters. The van der Waals surface area contributed by atoms with E-state index < -0.39 is 24.2 Å². The number of hydrogen-bond donors (Lipinski definition) is 2. The molecule has 5 rings (SSSR count). The van der Waals surface area contributed by atoms with Gasteiger partial charge in [-0.25, -0.2) is 4.79 Å². The van der Waals surface area contributed by atoms with Gasteiger partial charge in [-0.3, -0.25) is 4.79 Å². The number of methoxy groups -OCH3 is 1. The fourth-order valence-electron chi connectivity index (χ4n) is 5.03. The molecule has 2 N–H and O–H groups in total. The van der Waals surface area contributed by atoms with Gasteiger partial charge in [0.05, 0.1) is 19.0 Å². The minimum Gasteiger partial charge on any atom is -0.497 e. The molecule has 1 aliphatic heterocycles. The Labute approximate surface area is 252 Å². The molecule has 1 aliphatic carbocycles. The van der Waals surface area contributed by atoms with Crippen LogP contribution >= 0.6 is 11.6 Å². The third-order valence-electron chi connectivity index (χ3n) is 7.56. The van der Waals surface area contributed by atoms with E-state index in [1.165, 1.54) is 39.3 Å². The second-order valence-corrected chi connectivity index (χ2v) is 11.5. The van der Waals surface area contributed by atoms with Crippen LogP contribution in [0.3, 0.4) is 0 Å². The zero-order valence-electron chi connectivity index (χ0n) is 23.6. The normalized spacial score (nSPS) is 15.8. The number of fused-ring (bicyclic) bond motifs is 2. The highest BCUT2D eigenvalue weighted by Gasteiger charge is 2.53. The largest absolute Gasteiger partial charge is 0.497 e. The Balaban J connectivity index is 1.49. The lowest BCUT2D eigenvalue weighted by Gasteiger charge is -2.27. The first-order chi connectivity index (χ1) is 20.4. The van der Waals surface area contributed by atoms with Crippen LogP contribution in [0, 0.1) is 0 Å². The van der Waals surface area contributed by atoms with Gasteiger partial charge in [-0.2, -0.15) is 8.78 Å². The summed E-state index contributed by atoms with van der Waals surface area (Å²) in [6.07, 6.45) is 3.12. The van der Waals surface area contributed by atoms with E-state index >= 15 is 0 Å². The van der Waals surface area contributed by atoms with Crippen molar-refractivity contribution in [2.75, 3.05) is 23.9 Å². The van der Waals surface area contributed by atoms with Crippen LogP contribution < -0.4 is 19.7 Å². The number of nitrogens with one attached hydrogen (secondary N) is 1. The molecular formula is C31H30ClF2N3O6. The number of carbonyl (C=O) groups excluding carboxylic acids is 1. The van der Waals surface area contributed by atoms with Crippen LogP contribution in [0.2, 0.25) is 5.02 Å². The van der Waals surface area contributed by atoms with Crippen molar-refractivity contribution in [1.29, 1.82) is 0 Å². The van der Waals surface area contributed by atoms with Crippen LogP contribution in [-0.2, 0) is 19.8 Å². The molecular weight excluding hydrogens is 584 g/mol. The van der Waals surface area contributed by atoms with Gasteiger partial charge in [0, 0.05) is 40.4 Å². The fraction of sp³-hybridized carbons (Fsp3) is 0.323. The van der Waals surface area contributed by atoms with Crippen LogP contribution in [-0.4, -0.2) is 49.1 Å². The summed E-state index contributed by atoms with van der Waals surface area (Å²) >= 11 is 6.14. The van der Waals surface area contributed by atoms with Crippen molar-refractivity contribution in [2.45, 2.75) is 50.4 Å². The Kier molecular flexibility index (Phi) is 8.20. The lowest BCUT2D eigenvalue weighted by Crippen LogP contribution is -2.38. The summed E-state index contributed by atoms with van der Waals surface area (Å²) in [7, 11) is 1.49. The van der Waals surface area contributed by atoms with Crippen molar-refractivity contribution in [3.8, 4) is 11.5 Å². The van der Waals surface area contributed by atoms with E-state index in [1.807, 2.05) is 0 Å². The predicted molar refractivity (Wildman–Crippen MR) is 158 cm³/mol. The van der Waals surface area contributed by atoms with Gasteiger partial charge in [-0.05, 0) is 68.1 Å². The average Bonchev–Trinajstić information content (AvgIpc) is 3.67. The third-order valence-corrected chi connectivity index (χ3v) is 7.81. The van der Waals surface area contributed by atoms with E-state index in [-0.39, 0.29) is 17.1 Å². The zero-order chi connectivity index (χ0) is 30.9. The molecule has 2 aliphatic rings. The zero-order valence-corrected chi connectivity index (χ0v) is 24.4. The van der Waals surface area contributed by atoms with E-state index in [2.05, 4.69) is 15.2 Å². The monoisotopic (exact) mass is 613 g/mol. The van der Waals surface area contributed by atoms with Crippen molar-refractivity contribution in [3.05, 3.63) is 82.4 Å². The molecule has 0 radical (unpaired) electrons. The van der Waals surface area contributed by atoms with Gasteiger partial charge in [0.2, 0.25) is 5.60 Å². The summed E-state index contributed by atoms with van der Waals surface area (Å²) < 4.78 is 36.1. The second kappa shape index (κ2) is 11.7. The Bertz CT molecular complexity index is 1560. The number of hydrogen-bond acceptors (Lipinski definition) is 7. The van der Waals surface area contributed by atoms with Crippen LogP contribution in [0.15, 0.2) is 65.8 Å². The van der Waals surface area contributed by atoms with E-state index in [4.69, 9.17) is 21.2 Å². The van der Waals surface area contributed by atoms with Gasteiger partial charge >= 0.3 is 12.6 Å². The highest BCUT2D eigenvalue weighted by molar-refractivity contribution is 6.30. The van der Waals surface area contributed by atoms with Crippen molar-refractivity contribution < 1.29 is 37.8 Å². The minimum absolute atomic E-state index is 0.0229. The van der Waals surface area contributed by atoms with Crippen LogP contribution in [0.5, 0.6) is 11.5 Å². The number of carboxylic acid groups (broad SMARTS) is 1. The number of oxime groups is 1. The summed E-state index contributed by atoms with van der Waals surface area (Å²) in [5.74, 6) is -1.05. The lowest BCUT2D eigenvalue weighted by molar-refractivity contribution is -0.161. The average molecular weight is 614 g/mol. The number of anilines is 2. The maximum absolute atomic E-state index is 14.3. The third kappa shape index (κ3) is 6.51. The molecule has 3 aromatic rings. The van der Waals surface area contributed by atoms with Crippen molar-refractivity contribution >= 4 is 41.1 Å². The highest BCUT2D eigenvalue weighted by atomic mass is 35.5. The number of nitrogens with zero attached hydrogens (tertiary/aromatic N) is 2. The highest BCUT2D eigenvalue weighted by Crippen LogP contribution is 2.57. The Morgan fingerprint density at radius 2 is 1.81 bits per heavy atom. The summed E-state index contributed by atoms with van der Waals surface area (Å²) in [4.78, 5) is 32.5. The van der Waals surface area contributed by atoms with Crippen LogP contribution in [0.1, 0.15) is 49.4 Å². The molecule has 1 spiro atoms. The van der Waals surface area contributed by atoms with E-state index in [9.17, 15) is 23.5 Å². The molecule has 0 saturated heterocycles. The molecule has 1 amide bonds. The number of carboxylic acids is 1. The first-order valence-electron chi connectivity index (χ1n) is 13.5. The Hall–Kier alpha value is -4.38. The smallest absolute Gasteiger partial charge is 0.387 e. The summed E-state index contributed by atoms with van der Waals surface area (Å²) in [6, 6.07) is 15.8. The molecule has 226 valence electrons. The van der Waals surface area contributed by atoms with Crippen LogP contribution in [0.25, 0.3) is 0 Å². The van der Waals surface area contributed by atoms with Gasteiger partial charge in [0.25, 0.3) is 5.91 Å². The van der Waals surface area contributed by atoms with Gasteiger partial charge in [0.1, 0.15) is 17.5 Å². The van der Waals surface area contributed by atoms with Crippen LogP contribution in [0.4, 0.5) is 20.2 Å².